The molecule has 70 valence electrons. The van der Waals surface area contributed by atoms with Gasteiger partial charge in [-0.3, -0.25) is 0 Å². The Morgan fingerprint density at radius 2 is 2.07 bits per heavy atom. The molecular formula is C8H5N3S3. The molecule has 14 heavy (non-hydrogen) atoms. The van der Waals surface area contributed by atoms with Crippen LogP contribution in [0.25, 0.3) is 0 Å². The van der Waals surface area contributed by atoms with Crippen molar-refractivity contribution in [2.75, 3.05) is 13.1 Å². The molecule has 0 bridgehead atoms. The molecule has 3 nitrogen and oxygen atoms in total. The van der Waals surface area contributed by atoms with E-state index in [4.69, 9.17) is 5.26 Å². The lowest BCUT2D eigenvalue weighted by Crippen LogP contribution is -2.07. The summed E-state index contributed by atoms with van der Waals surface area (Å²) in [5, 5.41) is 13.2. The summed E-state index contributed by atoms with van der Waals surface area (Å²) in [4.78, 5) is 4.54. The molecule has 0 radical (unpaired) electrons. The molecule has 1 aromatic rings. The third-order valence-corrected chi connectivity index (χ3v) is 5.67. The van der Waals surface area contributed by atoms with Gasteiger partial charge in [0.25, 0.3) is 0 Å². The molecule has 2 aliphatic rings. The molecule has 0 spiro atoms. The van der Waals surface area contributed by atoms with Crippen LogP contribution < -0.4 is 5.32 Å². The molecule has 0 aliphatic carbocycles. The molecule has 0 fully saturated rings. The van der Waals surface area contributed by atoms with Gasteiger partial charge in [0, 0.05) is 22.9 Å². The van der Waals surface area contributed by atoms with Crippen molar-refractivity contribution in [3.8, 4) is 6.07 Å². The lowest BCUT2D eigenvalue weighted by Gasteiger charge is -2.11. The van der Waals surface area contributed by atoms with Gasteiger partial charge in [0.2, 0.25) is 0 Å². The number of hydrogen-bond acceptors (Lipinski definition) is 6. The minimum Gasteiger partial charge on any atom is -0.307 e. The second-order valence-electron chi connectivity index (χ2n) is 2.91. The first-order chi connectivity index (χ1) is 6.88. The van der Waals surface area contributed by atoms with E-state index < -0.39 is 0 Å². The van der Waals surface area contributed by atoms with Crippen LogP contribution in [0.5, 0.6) is 0 Å². The van der Waals surface area contributed by atoms with Gasteiger partial charge in [0.1, 0.15) is 16.0 Å². The summed E-state index contributed by atoms with van der Waals surface area (Å²) in [5.74, 6) is 0. The SMILES string of the molecule is N#Cc1snc2c1SC1=C(CNC1)S2. The van der Waals surface area contributed by atoms with Crippen LogP contribution in [0.2, 0.25) is 0 Å². The zero-order valence-electron chi connectivity index (χ0n) is 7.03. The molecule has 0 saturated carbocycles. The Hall–Kier alpha value is -0.480. The Morgan fingerprint density at radius 3 is 2.86 bits per heavy atom. The van der Waals surface area contributed by atoms with Crippen LogP contribution in [0.1, 0.15) is 4.88 Å². The van der Waals surface area contributed by atoms with E-state index >= 15 is 0 Å². The molecule has 3 rings (SSSR count). The van der Waals surface area contributed by atoms with Crippen molar-refractivity contribution >= 4 is 35.1 Å². The Bertz CT molecular complexity index is 469. The summed E-state index contributed by atoms with van der Waals surface area (Å²) < 4.78 is 4.29. The van der Waals surface area contributed by atoms with E-state index in [0.717, 1.165) is 27.9 Å². The molecule has 0 aromatic carbocycles. The molecule has 0 amide bonds. The summed E-state index contributed by atoms with van der Waals surface area (Å²) >= 11 is 4.72. The number of aromatic nitrogens is 1. The number of thioether (sulfide) groups is 2. The monoisotopic (exact) mass is 239 g/mol. The summed E-state index contributed by atoms with van der Waals surface area (Å²) in [6.45, 7) is 1.89. The Balaban J connectivity index is 2.05. The molecule has 0 saturated heterocycles. The predicted molar refractivity (Wildman–Crippen MR) is 58.4 cm³/mol. The molecule has 6 heteroatoms. The van der Waals surface area contributed by atoms with Gasteiger partial charge in [-0.1, -0.05) is 23.5 Å². The van der Waals surface area contributed by atoms with Crippen molar-refractivity contribution in [2.45, 2.75) is 9.92 Å². The van der Waals surface area contributed by atoms with Crippen LogP contribution in [0.4, 0.5) is 0 Å². The van der Waals surface area contributed by atoms with Gasteiger partial charge in [-0.25, -0.2) is 0 Å². The van der Waals surface area contributed by atoms with Crippen molar-refractivity contribution in [3.63, 3.8) is 0 Å². The zero-order valence-corrected chi connectivity index (χ0v) is 9.48. The van der Waals surface area contributed by atoms with Gasteiger partial charge < -0.3 is 5.32 Å². The molecule has 1 aromatic heterocycles. The lowest BCUT2D eigenvalue weighted by molar-refractivity contribution is 0.886. The van der Waals surface area contributed by atoms with Crippen molar-refractivity contribution in [1.29, 1.82) is 5.26 Å². The van der Waals surface area contributed by atoms with Crippen molar-refractivity contribution in [2.24, 2.45) is 0 Å². The van der Waals surface area contributed by atoms with E-state index in [9.17, 15) is 0 Å². The Morgan fingerprint density at radius 1 is 1.29 bits per heavy atom. The summed E-state index contributed by atoms with van der Waals surface area (Å²) in [5.41, 5.74) is 0. The molecule has 1 N–H and O–H groups in total. The van der Waals surface area contributed by atoms with Crippen LogP contribution in [0.3, 0.4) is 0 Å². The van der Waals surface area contributed by atoms with Crippen molar-refractivity contribution < 1.29 is 0 Å². The first-order valence-electron chi connectivity index (χ1n) is 4.06. The highest BCUT2D eigenvalue weighted by Crippen LogP contribution is 2.49. The fourth-order valence-corrected chi connectivity index (χ4v) is 4.68. The number of nitrogens with zero attached hydrogens (tertiary/aromatic N) is 2. The third-order valence-electron chi connectivity index (χ3n) is 2.05. The zero-order chi connectivity index (χ0) is 9.54. The Kier molecular flexibility index (Phi) is 2.06. The quantitative estimate of drug-likeness (QED) is 0.750. The maximum Gasteiger partial charge on any atom is 0.140 e. The largest absolute Gasteiger partial charge is 0.307 e. The van der Waals surface area contributed by atoms with E-state index in [1.807, 2.05) is 0 Å². The fraction of sp³-hybridized carbons (Fsp3) is 0.250. The van der Waals surface area contributed by atoms with E-state index in [-0.39, 0.29) is 0 Å². The maximum absolute atomic E-state index is 8.89. The number of rotatable bonds is 0. The van der Waals surface area contributed by atoms with Gasteiger partial charge in [0.15, 0.2) is 0 Å². The fourth-order valence-electron chi connectivity index (χ4n) is 1.41. The van der Waals surface area contributed by atoms with Crippen LogP contribution in [0, 0.1) is 11.3 Å². The highest BCUT2D eigenvalue weighted by atomic mass is 32.2. The normalized spacial score (nSPS) is 19.1. The lowest BCUT2D eigenvalue weighted by atomic mass is 10.5. The van der Waals surface area contributed by atoms with Crippen LogP contribution in [-0.2, 0) is 0 Å². The average Bonchev–Trinajstić information content (AvgIpc) is 2.78. The van der Waals surface area contributed by atoms with E-state index in [0.29, 0.717) is 0 Å². The van der Waals surface area contributed by atoms with Crippen LogP contribution >= 0.6 is 35.1 Å². The van der Waals surface area contributed by atoms with Gasteiger partial charge in [0.05, 0.1) is 4.90 Å². The molecule has 0 atom stereocenters. The topological polar surface area (TPSA) is 48.7 Å². The second-order valence-corrected chi connectivity index (χ2v) is 5.87. The molecular weight excluding hydrogens is 234 g/mol. The van der Waals surface area contributed by atoms with Crippen LogP contribution in [0.15, 0.2) is 19.7 Å². The Labute approximate surface area is 93.7 Å². The van der Waals surface area contributed by atoms with E-state index in [1.54, 1.807) is 23.5 Å². The average molecular weight is 239 g/mol. The number of hydrogen-bond donors (Lipinski definition) is 1. The van der Waals surface area contributed by atoms with Gasteiger partial charge in [-0.05, 0) is 11.5 Å². The number of nitriles is 1. The van der Waals surface area contributed by atoms with Gasteiger partial charge in [-0.15, -0.1) is 0 Å². The highest BCUT2D eigenvalue weighted by Gasteiger charge is 2.27. The predicted octanol–water partition coefficient (Wildman–Crippen LogP) is 2.03. The van der Waals surface area contributed by atoms with Gasteiger partial charge in [-0.2, -0.15) is 9.64 Å². The maximum atomic E-state index is 8.89. The van der Waals surface area contributed by atoms with E-state index in [1.165, 1.54) is 21.3 Å². The van der Waals surface area contributed by atoms with E-state index in [2.05, 4.69) is 15.8 Å². The summed E-state index contributed by atoms with van der Waals surface area (Å²) in [6, 6.07) is 2.19. The molecule has 0 unspecified atom stereocenters. The standard InChI is InChI=1S/C8H5N3S3/c9-1-4-7-8(11-14-4)13-6-3-10-2-5(6)12-7/h10H,2-3H2. The van der Waals surface area contributed by atoms with Crippen LogP contribution in [-0.4, -0.2) is 17.5 Å². The first kappa shape index (κ1) is 8.80. The molecule has 2 aliphatic heterocycles. The smallest absolute Gasteiger partial charge is 0.140 e. The first-order valence-corrected chi connectivity index (χ1v) is 6.47. The number of fused-ring (bicyclic) bond motifs is 1. The third kappa shape index (κ3) is 1.21. The molecule has 3 heterocycles. The summed E-state index contributed by atoms with van der Waals surface area (Å²) in [6.07, 6.45) is 0. The van der Waals surface area contributed by atoms with Crippen molar-refractivity contribution in [3.05, 3.63) is 14.7 Å². The van der Waals surface area contributed by atoms with Gasteiger partial charge >= 0.3 is 0 Å². The minimum absolute atomic E-state index is 0.746. The summed E-state index contributed by atoms with van der Waals surface area (Å²) in [7, 11) is 0. The minimum atomic E-state index is 0.746. The van der Waals surface area contributed by atoms with Crippen molar-refractivity contribution in [1.82, 2.24) is 9.69 Å². The highest BCUT2D eigenvalue weighted by molar-refractivity contribution is 8.09. The number of nitrogens with one attached hydrogen (secondary N) is 1. The second kappa shape index (κ2) is 3.28.